The van der Waals surface area contributed by atoms with Crippen LogP contribution in [0.1, 0.15) is 18.7 Å². The van der Waals surface area contributed by atoms with Crippen LogP contribution in [-0.2, 0) is 11.3 Å². The second-order valence-electron chi connectivity index (χ2n) is 3.92. The summed E-state index contributed by atoms with van der Waals surface area (Å²) in [5.41, 5.74) is 1.81. The number of carboxylic acid groups (broad SMARTS) is 1. The SMILES string of the molecule is Cc1nc2cc(Cl)ccc2n1CCCC(=O)[O-].[Na+]. The van der Waals surface area contributed by atoms with Crippen molar-refractivity contribution in [3.05, 3.63) is 29.0 Å². The molecule has 0 atom stereocenters. The first-order chi connectivity index (χ1) is 8.08. The van der Waals surface area contributed by atoms with Crippen molar-refractivity contribution in [2.24, 2.45) is 0 Å². The first-order valence-corrected chi connectivity index (χ1v) is 5.78. The number of hydrogen-bond donors (Lipinski definition) is 0. The summed E-state index contributed by atoms with van der Waals surface area (Å²) < 4.78 is 1.99. The maximum absolute atomic E-state index is 10.4. The van der Waals surface area contributed by atoms with Crippen molar-refractivity contribution in [3.63, 3.8) is 0 Å². The number of aromatic nitrogens is 2. The molecular weight excluding hydrogens is 263 g/mol. The third-order valence-corrected chi connectivity index (χ3v) is 2.90. The molecule has 0 aliphatic rings. The first kappa shape index (κ1) is 15.5. The van der Waals surface area contributed by atoms with Crippen LogP contribution in [0.5, 0.6) is 0 Å². The molecule has 4 nitrogen and oxygen atoms in total. The fourth-order valence-corrected chi connectivity index (χ4v) is 2.05. The molecule has 0 radical (unpaired) electrons. The Labute approximate surface area is 132 Å². The van der Waals surface area contributed by atoms with Gasteiger partial charge in [-0.05, 0) is 38.0 Å². The molecule has 0 aliphatic heterocycles. The Morgan fingerprint density at radius 3 is 2.89 bits per heavy atom. The van der Waals surface area contributed by atoms with Gasteiger partial charge in [0, 0.05) is 17.5 Å². The number of benzene rings is 1. The molecule has 6 heteroatoms. The van der Waals surface area contributed by atoms with Crippen LogP contribution in [-0.4, -0.2) is 15.5 Å². The van der Waals surface area contributed by atoms with Crippen molar-refractivity contribution in [1.82, 2.24) is 9.55 Å². The smallest absolute Gasteiger partial charge is 0.550 e. The second-order valence-corrected chi connectivity index (χ2v) is 4.36. The van der Waals surface area contributed by atoms with E-state index < -0.39 is 5.97 Å². The Hall–Kier alpha value is -0.550. The average molecular weight is 275 g/mol. The maximum atomic E-state index is 10.4. The fraction of sp³-hybridized carbons (Fsp3) is 0.333. The van der Waals surface area contributed by atoms with Crippen molar-refractivity contribution in [1.29, 1.82) is 0 Å². The summed E-state index contributed by atoms with van der Waals surface area (Å²) in [7, 11) is 0. The molecule has 0 N–H and O–H groups in total. The minimum absolute atomic E-state index is 0. The Balaban J connectivity index is 0.00000162. The van der Waals surface area contributed by atoms with E-state index in [-0.39, 0.29) is 36.0 Å². The number of halogens is 1. The summed E-state index contributed by atoms with van der Waals surface area (Å²) in [5.74, 6) is -0.157. The molecule has 2 rings (SSSR count). The molecule has 0 fully saturated rings. The Bertz CT molecular complexity index is 568. The number of carbonyl (C=O) groups excluding carboxylic acids is 1. The van der Waals surface area contributed by atoms with E-state index in [0.717, 1.165) is 16.9 Å². The van der Waals surface area contributed by atoms with Crippen LogP contribution in [0.15, 0.2) is 18.2 Å². The topological polar surface area (TPSA) is 58.0 Å². The van der Waals surface area contributed by atoms with Crippen LogP contribution in [0, 0.1) is 6.92 Å². The summed E-state index contributed by atoms with van der Waals surface area (Å²) in [5, 5.41) is 11.0. The number of rotatable bonds is 4. The van der Waals surface area contributed by atoms with Crippen molar-refractivity contribution in [2.75, 3.05) is 0 Å². The third kappa shape index (κ3) is 3.48. The normalized spacial score (nSPS) is 10.3. The van der Waals surface area contributed by atoms with Gasteiger partial charge in [-0.15, -0.1) is 0 Å². The van der Waals surface area contributed by atoms with E-state index >= 15 is 0 Å². The second kappa shape index (κ2) is 6.57. The number of hydrogen-bond acceptors (Lipinski definition) is 3. The number of aliphatic carboxylic acids is 1. The fourth-order valence-electron chi connectivity index (χ4n) is 1.89. The number of fused-ring (bicyclic) bond motifs is 1. The molecule has 1 aromatic heterocycles. The first-order valence-electron chi connectivity index (χ1n) is 5.40. The number of carboxylic acids is 1. The van der Waals surface area contributed by atoms with E-state index in [0.29, 0.717) is 18.0 Å². The third-order valence-electron chi connectivity index (χ3n) is 2.66. The van der Waals surface area contributed by atoms with Gasteiger partial charge in [0.2, 0.25) is 0 Å². The quantitative estimate of drug-likeness (QED) is 0.640. The summed E-state index contributed by atoms with van der Waals surface area (Å²) >= 11 is 5.89. The van der Waals surface area contributed by atoms with Crippen LogP contribution < -0.4 is 34.7 Å². The molecule has 0 unspecified atom stereocenters. The summed E-state index contributed by atoms with van der Waals surface area (Å²) in [6.45, 7) is 2.52. The molecule has 1 aromatic carbocycles. The van der Waals surface area contributed by atoms with E-state index in [4.69, 9.17) is 11.6 Å². The Morgan fingerprint density at radius 2 is 2.22 bits per heavy atom. The predicted molar refractivity (Wildman–Crippen MR) is 63.7 cm³/mol. The zero-order valence-electron chi connectivity index (χ0n) is 10.4. The molecule has 0 aliphatic carbocycles. The van der Waals surface area contributed by atoms with Crippen molar-refractivity contribution in [3.8, 4) is 0 Å². The average Bonchev–Trinajstić information content (AvgIpc) is 2.54. The van der Waals surface area contributed by atoms with E-state index in [1.165, 1.54) is 0 Å². The van der Waals surface area contributed by atoms with Gasteiger partial charge in [-0.2, -0.15) is 0 Å². The number of nitrogens with zero attached hydrogens (tertiary/aromatic N) is 2. The van der Waals surface area contributed by atoms with Gasteiger partial charge in [0.25, 0.3) is 0 Å². The molecule has 2 aromatic rings. The molecule has 0 saturated carbocycles. The molecule has 18 heavy (non-hydrogen) atoms. The Morgan fingerprint density at radius 1 is 1.50 bits per heavy atom. The van der Waals surface area contributed by atoms with Crippen LogP contribution >= 0.6 is 11.6 Å². The van der Waals surface area contributed by atoms with Gasteiger partial charge in [-0.25, -0.2) is 4.98 Å². The van der Waals surface area contributed by atoms with Crippen LogP contribution in [0.2, 0.25) is 5.02 Å². The molecule has 90 valence electrons. The summed E-state index contributed by atoms with van der Waals surface area (Å²) in [4.78, 5) is 14.8. The zero-order chi connectivity index (χ0) is 12.4. The molecule has 0 spiro atoms. The number of aryl methyl sites for hydroxylation is 2. The standard InChI is InChI=1S/C12H13ClN2O2.Na/c1-8-14-10-7-9(13)4-5-11(10)15(8)6-2-3-12(16)17;/h4-5,7H,2-3,6H2,1H3,(H,16,17);/q;+1/p-1. The summed E-state index contributed by atoms with van der Waals surface area (Å²) in [6, 6.07) is 5.51. The minimum Gasteiger partial charge on any atom is -0.550 e. The number of imidazole rings is 1. The molecule has 0 saturated heterocycles. The van der Waals surface area contributed by atoms with Crippen LogP contribution in [0.25, 0.3) is 11.0 Å². The Kier molecular flexibility index (Phi) is 5.66. The molecule has 0 bridgehead atoms. The molecule has 0 amide bonds. The monoisotopic (exact) mass is 274 g/mol. The van der Waals surface area contributed by atoms with Gasteiger partial charge in [-0.3, -0.25) is 0 Å². The van der Waals surface area contributed by atoms with Crippen molar-refractivity contribution >= 4 is 28.6 Å². The minimum atomic E-state index is -1.02. The van der Waals surface area contributed by atoms with Crippen molar-refractivity contribution in [2.45, 2.75) is 26.3 Å². The zero-order valence-corrected chi connectivity index (χ0v) is 13.2. The van der Waals surface area contributed by atoms with Gasteiger partial charge in [-0.1, -0.05) is 11.6 Å². The van der Waals surface area contributed by atoms with Gasteiger partial charge in [0.1, 0.15) is 5.82 Å². The molecule has 1 heterocycles. The maximum Gasteiger partial charge on any atom is 1.00 e. The van der Waals surface area contributed by atoms with Gasteiger partial charge in [0.05, 0.1) is 11.0 Å². The van der Waals surface area contributed by atoms with Crippen molar-refractivity contribution < 1.29 is 39.5 Å². The van der Waals surface area contributed by atoms with E-state index in [2.05, 4.69) is 4.98 Å². The summed E-state index contributed by atoms with van der Waals surface area (Å²) in [6.07, 6.45) is 0.601. The van der Waals surface area contributed by atoms with Crippen LogP contribution in [0.3, 0.4) is 0 Å². The number of carbonyl (C=O) groups is 1. The molecular formula is C12H12ClN2NaO2. The van der Waals surface area contributed by atoms with E-state index in [9.17, 15) is 9.90 Å². The van der Waals surface area contributed by atoms with E-state index in [1.807, 2.05) is 17.6 Å². The predicted octanol–water partition coefficient (Wildman–Crippen LogP) is -1.47. The van der Waals surface area contributed by atoms with Crippen LogP contribution in [0.4, 0.5) is 0 Å². The van der Waals surface area contributed by atoms with Gasteiger partial charge < -0.3 is 14.5 Å². The largest absolute Gasteiger partial charge is 1.00 e. The van der Waals surface area contributed by atoms with E-state index in [1.54, 1.807) is 12.1 Å². The van der Waals surface area contributed by atoms with Gasteiger partial charge in [0.15, 0.2) is 0 Å². The van der Waals surface area contributed by atoms with Gasteiger partial charge >= 0.3 is 29.6 Å².